The zero-order valence-corrected chi connectivity index (χ0v) is 11.0. The highest BCUT2D eigenvalue weighted by Gasteiger charge is 2.08. The van der Waals surface area contributed by atoms with Crippen LogP contribution in [-0.2, 0) is 11.3 Å². The second kappa shape index (κ2) is 6.77. The largest absolute Gasteiger partial charge is 0.382 e. The van der Waals surface area contributed by atoms with Gasteiger partial charge in [0.25, 0.3) is 0 Å². The van der Waals surface area contributed by atoms with E-state index in [2.05, 4.69) is 19.2 Å². The minimum absolute atomic E-state index is 0.457. The van der Waals surface area contributed by atoms with Crippen molar-refractivity contribution in [3.63, 3.8) is 0 Å². The molecular weight excluding hydrogens is 222 g/mol. The molecule has 1 atom stereocenters. The molecule has 2 nitrogen and oxygen atoms in total. The summed E-state index contributed by atoms with van der Waals surface area (Å²) in [5.74, 6) is 0. The van der Waals surface area contributed by atoms with Gasteiger partial charge in [-0.3, -0.25) is 0 Å². The van der Waals surface area contributed by atoms with Crippen LogP contribution in [0.1, 0.15) is 32.3 Å². The Morgan fingerprint density at radius 1 is 1.44 bits per heavy atom. The predicted molar refractivity (Wildman–Crippen MR) is 70.2 cm³/mol. The summed E-state index contributed by atoms with van der Waals surface area (Å²) in [6.07, 6.45) is 2.33. The third kappa shape index (κ3) is 3.69. The molecule has 1 N–H and O–H groups in total. The van der Waals surface area contributed by atoms with E-state index >= 15 is 0 Å². The SMILES string of the molecule is CCCC(C)Nc1cccc(Cl)c1COC. The Labute approximate surface area is 103 Å². The molecule has 3 heteroatoms. The van der Waals surface area contributed by atoms with Gasteiger partial charge in [-0.2, -0.15) is 0 Å². The first kappa shape index (κ1) is 13.3. The minimum Gasteiger partial charge on any atom is -0.382 e. The molecule has 1 aromatic rings. The average molecular weight is 242 g/mol. The van der Waals surface area contributed by atoms with Crippen molar-refractivity contribution in [2.24, 2.45) is 0 Å². The smallest absolute Gasteiger partial charge is 0.0747 e. The molecule has 0 aliphatic heterocycles. The fourth-order valence-corrected chi connectivity index (χ4v) is 1.98. The lowest BCUT2D eigenvalue weighted by Crippen LogP contribution is -2.16. The van der Waals surface area contributed by atoms with E-state index in [1.54, 1.807) is 7.11 Å². The number of halogens is 1. The Kier molecular flexibility index (Phi) is 5.64. The lowest BCUT2D eigenvalue weighted by Gasteiger charge is -2.18. The molecule has 0 aromatic heterocycles. The minimum atomic E-state index is 0.457. The summed E-state index contributed by atoms with van der Waals surface area (Å²) < 4.78 is 5.17. The molecule has 0 saturated heterocycles. The van der Waals surface area contributed by atoms with Crippen LogP contribution in [0.5, 0.6) is 0 Å². The van der Waals surface area contributed by atoms with Crippen LogP contribution in [0.3, 0.4) is 0 Å². The molecule has 0 aliphatic carbocycles. The van der Waals surface area contributed by atoms with Crippen molar-refractivity contribution in [3.05, 3.63) is 28.8 Å². The summed E-state index contributed by atoms with van der Waals surface area (Å²) in [4.78, 5) is 0. The van der Waals surface area contributed by atoms with Crippen molar-refractivity contribution >= 4 is 17.3 Å². The van der Waals surface area contributed by atoms with E-state index in [9.17, 15) is 0 Å². The summed E-state index contributed by atoms with van der Waals surface area (Å²) >= 11 is 6.15. The van der Waals surface area contributed by atoms with Crippen LogP contribution in [0, 0.1) is 0 Å². The van der Waals surface area contributed by atoms with Gasteiger partial charge in [-0.25, -0.2) is 0 Å². The number of benzene rings is 1. The van der Waals surface area contributed by atoms with E-state index < -0.39 is 0 Å². The zero-order valence-electron chi connectivity index (χ0n) is 10.2. The van der Waals surface area contributed by atoms with Gasteiger partial charge in [0.2, 0.25) is 0 Å². The Morgan fingerprint density at radius 3 is 2.81 bits per heavy atom. The highest BCUT2D eigenvalue weighted by Crippen LogP contribution is 2.26. The predicted octanol–water partition coefficient (Wildman–Crippen LogP) is 4.09. The first-order valence-electron chi connectivity index (χ1n) is 5.71. The molecule has 0 heterocycles. The van der Waals surface area contributed by atoms with E-state index in [-0.39, 0.29) is 0 Å². The fraction of sp³-hybridized carbons (Fsp3) is 0.538. The van der Waals surface area contributed by atoms with E-state index in [0.29, 0.717) is 12.6 Å². The summed E-state index contributed by atoms with van der Waals surface area (Å²) in [7, 11) is 1.68. The average Bonchev–Trinajstić information content (AvgIpc) is 2.23. The molecule has 90 valence electrons. The third-order valence-electron chi connectivity index (χ3n) is 2.53. The second-order valence-corrected chi connectivity index (χ2v) is 4.44. The maximum atomic E-state index is 6.15. The van der Waals surface area contributed by atoms with Gasteiger partial charge in [-0.05, 0) is 25.5 Å². The van der Waals surface area contributed by atoms with Crippen LogP contribution in [0.25, 0.3) is 0 Å². The van der Waals surface area contributed by atoms with Crippen LogP contribution in [0.15, 0.2) is 18.2 Å². The fourth-order valence-electron chi connectivity index (χ4n) is 1.76. The quantitative estimate of drug-likeness (QED) is 0.810. The number of nitrogens with one attached hydrogen (secondary N) is 1. The molecule has 0 radical (unpaired) electrons. The van der Waals surface area contributed by atoms with Crippen molar-refractivity contribution < 1.29 is 4.74 Å². The molecular formula is C13H20ClNO. The van der Waals surface area contributed by atoms with Crippen molar-refractivity contribution in [1.82, 2.24) is 0 Å². The highest BCUT2D eigenvalue weighted by atomic mass is 35.5. The molecule has 0 aliphatic rings. The van der Waals surface area contributed by atoms with Gasteiger partial charge in [-0.1, -0.05) is 31.0 Å². The highest BCUT2D eigenvalue weighted by molar-refractivity contribution is 6.31. The van der Waals surface area contributed by atoms with E-state index in [1.807, 2.05) is 18.2 Å². The normalized spacial score (nSPS) is 12.5. The molecule has 0 fully saturated rings. The molecule has 0 bridgehead atoms. The Balaban J connectivity index is 2.81. The number of rotatable bonds is 6. The molecule has 0 spiro atoms. The lowest BCUT2D eigenvalue weighted by molar-refractivity contribution is 0.185. The Bertz CT molecular complexity index is 328. The summed E-state index contributed by atoms with van der Waals surface area (Å²) in [6, 6.07) is 6.36. The van der Waals surface area contributed by atoms with Crippen molar-refractivity contribution in [1.29, 1.82) is 0 Å². The number of hydrogen-bond acceptors (Lipinski definition) is 2. The van der Waals surface area contributed by atoms with Crippen molar-refractivity contribution in [2.75, 3.05) is 12.4 Å². The summed E-state index contributed by atoms with van der Waals surface area (Å²) in [5, 5.41) is 4.23. The van der Waals surface area contributed by atoms with Gasteiger partial charge in [-0.15, -0.1) is 0 Å². The van der Waals surface area contributed by atoms with E-state index in [0.717, 1.165) is 22.7 Å². The van der Waals surface area contributed by atoms with Gasteiger partial charge < -0.3 is 10.1 Å². The van der Waals surface area contributed by atoms with E-state index in [4.69, 9.17) is 16.3 Å². The van der Waals surface area contributed by atoms with Gasteiger partial charge in [0.05, 0.1) is 6.61 Å². The van der Waals surface area contributed by atoms with Crippen molar-refractivity contribution in [2.45, 2.75) is 39.3 Å². The van der Waals surface area contributed by atoms with Gasteiger partial charge in [0.1, 0.15) is 0 Å². The molecule has 0 amide bonds. The van der Waals surface area contributed by atoms with Crippen LogP contribution < -0.4 is 5.32 Å². The third-order valence-corrected chi connectivity index (χ3v) is 2.89. The first-order chi connectivity index (χ1) is 7.69. The maximum absolute atomic E-state index is 6.15. The summed E-state index contributed by atoms with van der Waals surface area (Å²) in [5.41, 5.74) is 2.12. The van der Waals surface area contributed by atoms with Crippen molar-refractivity contribution in [3.8, 4) is 0 Å². The van der Waals surface area contributed by atoms with Crippen LogP contribution in [0.4, 0.5) is 5.69 Å². The Morgan fingerprint density at radius 2 is 2.19 bits per heavy atom. The molecule has 1 rings (SSSR count). The second-order valence-electron chi connectivity index (χ2n) is 4.03. The molecule has 0 saturated carbocycles. The summed E-state index contributed by atoms with van der Waals surface area (Å²) in [6.45, 7) is 4.91. The number of ether oxygens (including phenoxy) is 1. The standard InChI is InChI=1S/C13H20ClNO/c1-4-6-10(2)15-13-8-5-7-12(14)11(13)9-16-3/h5,7-8,10,15H,4,6,9H2,1-3H3. The zero-order chi connectivity index (χ0) is 12.0. The first-order valence-corrected chi connectivity index (χ1v) is 6.09. The van der Waals surface area contributed by atoms with Gasteiger partial charge >= 0.3 is 0 Å². The lowest BCUT2D eigenvalue weighted by atomic mass is 10.1. The Hall–Kier alpha value is -0.730. The maximum Gasteiger partial charge on any atom is 0.0747 e. The van der Waals surface area contributed by atoms with E-state index in [1.165, 1.54) is 6.42 Å². The van der Waals surface area contributed by atoms with Crippen LogP contribution in [0.2, 0.25) is 5.02 Å². The topological polar surface area (TPSA) is 21.3 Å². The number of methoxy groups -OCH3 is 1. The molecule has 1 aromatic carbocycles. The van der Waals surface area contributed by atoms with Crippen LogP contribution >= 0.6 is 11.6 Å². The molecule has 16 heavy (non-hydrogen) atoms. The van der Waals surface area contributed by atoms with Crippen LogP contribution in [-0.4, -0.2) is 13.2 Å². The monoisotopic (exact) mass is 241 g/mol. The molecule has 1 unspecified atom stereocenters. The van der Waals surface area contributed by atoms with Gasteiger partial charge in [0.15, 0.2) is 0 Å². The number of anilines is 1. The van der Waals surface area contributed by atoms with Gasteiger partial charge in [0, 0.05) is 29.4 Å². The number of hydrogen-bond donors (Lipinski definition) is 1.